The number of amides is 2. The average molecular weight is 888 g/mol. The molecule has 3 atom stereocenters. The molecule has 3 aromatic carbocycles. The number of nitrogens with one attached hydrogen (secondary N) is 1. The van der Waals surface area contributed by atoms with Gasteiger partial charge in [-0.25, -0.2) is 4.79 Å². The summed E-state index contributed by atoms with van der Waals surface area (Å²) in [5.74, 6) is -1.16. The van der Waals surface area contributed by atoms with Crippen molar-refractivity contribution in [1.82, 2.24) is 10.3 Å². The third-order valence-corrected chi connectivity index (χ3v) is 13.8. The number of halogens is 4. The average Bonchev–Trinajstić information content (AvgIpc) is 3.55. The number of carbonyl (C=O) groups is 3. The maximum Gasteiger partial charge on any atom is 0.471 e. The smallest absolute Gasteiger partial charge is 0.471 e. The van der Waals surface area contributed by atoms with E-state index in [9.17, 15) is 27.6 Å². The summed E-state index contributed by atoms with van der Waals surface area (Å²) < 4.78 is 61.5. The first kappa shape index (κ1) is 45.9. The predicted molar refractivity (Wildman–Crippen MR) is 236 cm³/mol. The lowest BCUT2D eigenvalue weighted by Gasteiger charge is -2.51. The Kier molecular flexibility index (Phi) is 14.4. The Hall–Kier alpha value is -5.10. The minimum atomic E-state index is -5.28. The van der Waals surface area contributed by atoms with E-state index in [0.717, 1.165) is 68.2 Å². The number of hydrogen-bond acceptors (Lipinski definition) is 7. The van der Waals surface area contributed by atoms with Gasteiger partial charge in [-0.15, -0.1) is 0 Å². The first-order valence-corrected chi connectivity index (χ1v) is 22.5. The van der Waals surface area contributed by atoms with Crippen LogP contribution < -0.4 is 19.7 Å². The number of rotatable bonds is 16. The summed E-state index contributed by atoms with van der Waals surface area (Å²) >= 11 is 6.27. The predicted octanol–water partition coefficient (Wildman–Crippen LogP) is 10.3. The minimum Gasteiger partial charge on any atom is -0.493 e. The monoisotopic (exact) mass is 887 g/mol. The largest absolute Gasteiger partial charge is 0.493 e. The molecular weight excluding hydrogens is 831 g/mol. The van der Waals surface area contributed by atoms with Crippen LogP contribution in [0, 0.1) is 11.8 Å². The number of ether oxygens (including phenoxy) is 3. The molecule has 63 heavy (non-hydrogen) atoms. The summed E-state index contributed by atoms with van der Waals surface area (Å²) in [5.41, 5.74) is 2.93. The molecule has 3 aliphatic rings. The van der Waals surface area contributed by atoms with Gasteiger partial charge in [-0.2, -0.15) is 13.2 Å². The molecule has 13 heteroatoms. The highest BCUT2D eigenvalue weighted by Crippen LogP contribution is 2.58. The number of methoxy groups -OCH3 is 1. The lowest BCUT2D eigenvalue weighted by molar-refractivity contribution is -0.174. The van der Waals surface area contributed by atoms with E-state index in [0.29, 0.717) is 55.4 Å². The summed E-state index contributed by atoms with van der Waals surface area (Å²) in [6, 6.07) is 23.6. The normalized spacial score (nSPS) is 22.1. The van der Waals surface area contributed by atoms with Crippen molar-refractivity contribution in [3.05, 3.63) is 118 Å². The van der Waals surface area contributed by atoms with Crippen LogP contribution in [0.4, 0.5) is 18.9 Å². The van der Waals surface area contributed by atoms with E-state index in [4.69, 9.17) is 25.8 Å². The standard InChI is InChI=1S/C50H57ClF3N3O6/c1-33(32-63-43-20-25-55-42-16-7-10-34(2)45(42)43)28-37-29-36-18-19-40(62-27-26-56-44(58)17-8-13-35-11-5-4-6-12-35)31-41(36)48(37)21-23-49(24-22-48,47(60)61-3)57(46(59)50(52,53)54)39-15-9-14-38(51)30-39/h4-6,9,11-12,14-15,18-20,25,30-31,33-34,37H,7-8,10,13,16-17,21-24,26-29,32H2,1-3H3,(H,56,58)/t33-,34-,37+,48?,49?/m1/s1. The molecule has 336 valence electrons. The van der Waals surface area contributed by atoms with Gasteiger partial charge in [-0.1, -0.05) is 67.9 Å². The third kappa shape index (κ3) is 10.2. The second kappa shape index (κ2) is 19.7. The van der Waals surface area contributed by atoms with Crippen molar-refractivity contribution in [2.24, 2.45) is 11.8 Å². The molecule has 7 rings (SSSR count). The molecule has 0 saturated heterocycles. The van der Waals surface area contributed by atoms with Gasteiger partial charge < -0.3 is 19.5 Å². The number of nitrogens with zero attached hydrogens (tertiary/aromatic N) is 2. The van der Waals surface area contributed by atoms with Gasteiger partial charge in [0, 0.05) is 34.6 Å². The van der Waals surface area contributed by atoms with Crippen LogP contribution in [0.25, 0.3) is 0 Å². The number of aromatic nitrogens is 1. The molecule has 1 N–H and O–H groups in total. The molecule has 0 bridgehead atoms. The summed E-state index contributed by atoms with van der Waals surface area (Å²) in [4.78, 5) is 45.2. The molecule has 1 aromatic heterocycles. The van der Waals surface area contributed by atoms with Crippen molar-refractivity contribution >= 4 is 35.1 Å². The van der Waals surface area contributed by atoms with Crippen LogP contribution in [-0.4, -0.2) is 61.4 Å². The Morgan fingerprint density at radius 2 is 1.76 bits per heavy atom. The second-order valence-electron chi connectivity index (χ2n) is 17.7. The van der Waals surface area contributed by atoms with E-state index in [-0.39, 0.29) is 47.9 Å². The topological polar surface area (TPSA) is 107 Å². The molecule has 1 spiro atoms. The molecule has 4 aromatic rings. The maximum absolute atomic E-state index is 14.5. The Morgan fingerprint density at radius 1 is 0.984 bits per heavy atom. The van der Waals surface area contributed by atoms with Crippen LogP contribution in [0.5, 0.6) is 11.5 Å². The first-order valence-electron chi connectivity index (χ1n) is 22.2. The number of carbonyl (C=O) groups excluding carboxylic acids is 3. The van der Waals surface area contributed by atoms with E-state index in [1.54, 1.807) is 0 Å². The number of aryl methyl sites for hydroxylation is 2. The highest BCUT2D eigenvalue weighted by molar-refractivity contribution is 6.31. The van der Waals surface area contributed by atoms with Crippen LogP contribution in [0.15, 0.2) is 85.1 Å². The van der Waals surface area contributed by atoms with Crippen molar-refractivity contribution in [1.29, 1.82) is 0 Å². The molecule has 0 radical (unpaired) electrons. The summed E-state index contributed by atoms with van der Waals surface area (Å²) in [5, 5.41) is 3.07. The zero-order valence-electron chi connectivity index (χ0n) is 36.3. The highest BCUT2D eigenvalue weighted by Gasteiger charge is 2.60. The fraction of sp³-hybridized carbons (Fsp3) is 0.480. The van der Waals surface area contributed by atoms with Gasteiger partial charge in [0.1, 0.15) is 23.6 Å². The first-order chi connectivity index (χ1) is 30.2. The maximum atomic E-state index is 14.5. The van der Waals surface area contributed by atoms with Crippen molar-refractivity contribution in [3.63, 3.8) is 0 Å². The van der Waals surface area contributed by atoms with Crippen LogP contribution in [0.1, 0.15) is 106 Å². The highest BCUT2D eigenvalue weighted by atomic mass is 35.5. The van der Waals surface area contributed by atoms with E-state index in [1.165, 1.54) is 35.4 Å². The van der Waals surface area contributed by atoms with Crippen LogP contribution in [0.2, 0.25) is 5.02 Å². The molecule has 1 saturated carbocycles. The Morgan fingerprint density at radius 3 is 2.49 bits per heavy atom. The zero-order valence-corrected chi connectivity index (χ0v) is 37.0. The Balaban J connectivity index is 1.12. The van der Waals surface area contributed by atoms with Gasteiger partial charge in [0.05, 0.1) is 20.3 Å². The number of esters is 1. The zero-order chi connectivity index (χ0) is 44.8. The molecule has 0 aliphatic heterocycles. The van der Waals surface area contributed by atoms with Crippen molar-refractivity contribution in [2.75, 3.05) is 31.8 Å². The van der Waals surface area contributed by atoms with Gasteiger partial charge in [0.25, 0.3) is 0 Å². The Bertz CT molecular complexity index is 2250. The third-order valence-electron chi connectivity index (χ3n) is 13.5. The number of anilines is 1. The number of hydrogen-bond donors (Lipinski definition) is 1. The van der Waals surface area contributed by atoms with Crippen LogP contribution >= 0.6 is 11.6 Å². The molecule has 3 aliphatic carbocycles. The van der Waals surface area contributed by atoms with Gasteiger partial charge in [-0.3, -0.25) is 19.5 Å². The fourth-order valence-corrected chi connectivity index (χ4v) is 10.7. The molecule has 1 heterocycles. The van der Waals surface area contributed by atoms with Crippen molar-refractivity contribution in [3.8, 4) is 11.5 Å². The molecule has 9 nitrogen and oxygen atoms in total. The number of benzene rings is 3. The second-order valence-corrected chi connectivity index (χ2v) is 18.1. The van der Waals surface area contributed by atoms with Gasteiger partial charge in [0.2, 0.25) is 5.91 Å². The van der Waals surface area contributed by atoms with Gasteiger partial charge in [0.15, 0.2) is 0 Å². The number of alkyl halides is 3. The minimum absolute atomic E-state index is 0.0374. The van der Waals surface area contributed by atoms with Gasteiger partial charge in [-0.05, 0) is 147 Å². The van der Waals surface area contributed by atoms with E-state index in [2.05, 4.69) is 24.1 Å². The Labute approximate surface area is 373 Å². The molecule has 0 unspecified atom stereocenters. The van der Waals surface area contributed by atoms with E-state index < -0.39 is 29.0 Å². The van der Waals surface area contributed by atoms with E-state index in [1.807, 2.05) is 60.8 Å². The lowest BCUT2D eigenvalue weighted by atomic mass is 9.59. The van der Waals surface area contributed by atoms with Crippen LogP contribution in [0.3, 0.4) is 0 Å². The van der Waals surface area contributed by atoms with Crippen molar-refractivity contribution in [2.45, 2.75) is 114 Å². The molecule has 2 amide bonds. The number of pyridine rings is 1. The summed E-state index contributed by atoms with van der Waals surface area (Å²) in [7, 11) is 1.13. The van der Waals surface area contributed by atoms with Crippen molar-refractivity contribution < 1.29 is 41.8 Å². The number of fused-ring (bicyclic) bond motifs is 3. The van der Waals surface area contributed by atoms with Crippen LogP contribution in [-0.2, 0) is 43.8 Å². The van der Waals surface area contributed by atoms with Gasteiger partial charge >= 0.3 is 18.1 Å². The quantitative estimate of drug-likeness (QED) is 0.0882. The van der Waals surface area contributed by atoms with E-state index >= 15 is 0 Å². The lowest BCUT2D eigenvalue weighted by Crippen LogP contribution is -2.63. The SMILES string of the molecule is COC(=O)C1(N(C(=O)C(F)(F)F)c2cccc(Cl)c2)CCC2(CC1)c1cc(OCCNC(=O)CCCc3ccccc3)ccc1C[C@@H]2C[C@@H](C)COc1ccnc2c1[C@H](C)CCC2. The summed E-state index contributed by atoms with van der Waals surface area (Å²) in [6.07, 6.45) is 3.49. The fourth-order valence-electron chi connectivity index (χ4n) is 10.5. The molecular formula is C50H57ClF3N3O6. The summed E-state index contributed by atoms with van der Waals surface area (Å²) in [6.45, 7) is 5.39. The molecule has 1 fully saturated rings.